The molecule has 2 N–H and O–H groups in total. The number of benzene rings is 1. The van der Waals surface area contributed by atoms with E-state index in [0.717, 1.165) is 22.9 Å². The van der Waals surface area contributed by atoms with Crippen LogP contribution in [0.3, 0.4) is 0 Å². The van der Waals surface area contributed by atoms with E-state index in [9.17, 15) is 5.11 Å². The molecule has 0 amide bonds. The number of nitrogens with one attached hydrogen (secondary N) is 1. The quantitative estimate of drug-likeness (QED) is 0.883. The molecule has 0 bridgehead atoms. The van der Waals surface area contributed by atoms with E-state index in [0.29, 0.717) is 0 Å². The van der Waals surface area contributed by atoms with Crippen molar-refractivity contribution in [2.45, 2.75) is 26.3 Å². The predicted octanol–water partition coefficient (Wildman–Crippen LogP) is 2.41. The maximum Gasteiger partial charge on any atom is 0.130 e. The second-order valence-corrected chi connectivity index (χ2v) is 4.92. The molecule has 1 heterocycles. The van der Waals surface area contributed by atoms with E-state index in [1.165, 1.54) is 0 Å². The molecule has 1 aromatic carbocycles. The molecule has 0 radical (unpaired) electrons. The van der Waals surface area contributed by atoms with Gasteiger partial charge in [-0.25, -0.2) is 9.97 Å². The fourth-order valence-electron chi connectivity index (χ4n) is 2.07. The second-order valence-electron chi connectivity index (χ2n) is 4.92. The minimum Gasteiger partial charge on any atom is -0.394 e. The first-order chi connectivity index (χ1) is 9.03. The van der Waals surface area contributed by atoms with Gasteiger partial charge in [-0.2, -0.15) is 0 Å². The minimum atomic E-state index is -0.561. The van der Waals surface area contributed by atoms with Gasteiger partial charge in [0.2, 0.25) is 0 Å². The molecule has 2 rings (SSSR count). The van der Waals surface area contributed by atoms with Crippen molar-refractivity contribution in [3.8, 4) is 0 Å². The molecule has 0 saturated carbocycles. The summed E-state index contributed by atoms with van der Waals surface area (Å²) in [7, 11) is 0. The van der Waals surface area contributed by atoms with Crippen molar-refractivity contribution in [3.63, 3.8) is 0 Å². The van der Waals surface area contributed by atoms with Gasteiger partial charge in [-0.15, -0.1) is 0 Å². The van der Waals surface area contributed by atoms with Crippen LogP contribution in [0.4, 0.5) is 5.82 Å². The highest BCUT2D eigenvalue weighted by atomic mass is 16.3. The zero-order valence-electron chi connectivity index (χ0n) is 11.5. The van der Waals surface area contributed by atoms with Gasteiger partial charge in [-0.3, -0.25) is 0 Å². The van der Waals surface area contributed by atoms with E-state index in [1.807, 2.05) is 57.2 Å². The molecule has 0 aliphatic heterocycles. The molecular formula is C15H19N3O. The van der Waals surface area contributed by atoms with Gasteiger partial charge in [0.25, 0.3) is 0 Å². The van der Waals surface area contributed by atoms with E-state index in [4.69, 9.17) is 0 Å². The molecule has 19 heavy (non-hydrogen) atoms. The van der Waals surface area contributed by atoms with Gasteiger partial charge in [0, 0.05) is 11.8 Å². The molecule has 4 nitrogen and oxygen atoms in total. The van der Waals surface area contributed by atoms with Gasteiger partial charge >= 0.3 is 0 Å². The lowest BCUT2D eigenvalue weighted by Crippen LogP contribution is -2.36. The van der Waals surface area contributed by atoms with Crippen molar-refractivity contribution in [1.82, 2.24) is 9.97 Å². The zero-order chi connectivity index (χ0) is 13.9. The summed E-state index contributed by atoms with van der Waals surface area (Å²) in [5, 5.41) is 13.0. The second kappa shape index (κ2) is 5.36. The Bertz CT molecular complexity index is 536. The molecule has 2 aromatic rings. The average molecular weight is 257 g/mol. The lowest BCUT2D eigenvalue weighted by atomic mass is 9.93. The minimum absolute atomic E-state index is 0.0148. The van der Waals surface area contributed by atoms with Crippen LogP contribution in [-0.2, 0) is 5.54 Å². The first kappa shape index (κ1) is 13.5. The predicted molar refractivity (Wildman–Crippen MR) is 76.0 cm³/mol. The van der Waals surface area contributed by atoms with Crippen molar-refractivity contribution in [1.29, 1.82) is 0 Å². The first-order valence-electron chi connectivity index (χ1n) is 6.30. The maximum absolute atomic E-state index is 9.73. The van der Waals surface area contributed by atoms with Gasteiger partial charge in [0.1, 0.15) is 11.6 Å². The fourth-order valence-corrected chi connectivity index (χ4v) is 2.07. The van der Waals surface area contributed by atoms with E-state index >= 15 is 0 Å². The Morgan fingerprint density at radius 3 is 2.42 bits per heavy atom. The topological polar surface area (TPSA) is 58.0 Å². The maximum atomic E-state index is 9.73. The Labute approximate surface area is 113 Å². The van der Waals surface area contributed by atoms with Crippen molar-refractivity contribution in [2.24, 2.45) is 0 Å². The van der Waals surface area contributed by atoms with Crippen molar-refractivity contribution < 1.29 is 5.11 Å². The summed E-state index contributed by atoms with van der Waals surface area (Å²) in [6.07, 6.45) is 0. The van der Waals surface area contributed by atoms with Crippen LogP contribution < -0.4 is 5.32 Å². The Hall–Kier alpha value is -1.94. The summed E-state index contributed by atoms with van der Waals surface area (Å²) >= 11 is 0. The Kier molecular flexibility index (Phi) is 3.81. The summed E-state index contributed by atoms with van der Waals surface area (Å²) in [6, 6.07) is 11.7. The number of hydrogen-bond donors (Lipinski definition) is 2. The lowest BCUT2D eigenvalue weighted by molar-refractivity contribution is 0.223. The van der Waals surface area contributed by atoms with Crippen LogP contribution >= 0.6 is 0 Å². The normalized spacial score (nSPS) is 13.9. The molecule has 0 aliphatic carbocycles. The summed E-state index contributed by atoms with van der Waals surface area (Å²) < 4.78 is 0. The number of rotatable bonds is 4. The largest absolute Gasteiger partial charge is 0.394 e. The van der Waals surface area contributed by atoms with E-state index in [-0.39, 0.29) is 6.61 Å². The monoisotopic (exact) mass is 257 g/mol. The highest BCUT2D eigenvalue weighted by Gasteiger charge is 2.26. The Morgan fingerprint density at radius 1 is 1.16 bits per heavy atom. The highest BCUT2D eigenvalue weighted by molar-refractivity contribution is 5.42. The van der Waals surface area contributed by atoms with Crippen LogP contribution in [0.2, 0.25) is 0 Å². The van der Waals surface area contributed by atoms with Crippen LogP contribution in [0.1, 0.15) is 24.0 Å². The molecule has 1 aromatic heterocycles. The van der Waals surface area contributed by atoms with Gasteiger partial charge in [0.15, 0.2) is 0 Å². The van der Waals surface area contributed by atoms with E-state index < -0.39 is 5.54 Å². The SMILES string of the molecule is Cc1cc(NC(C)(CO)c2ccccc2)nc(C)n1. The molecular weight excluding hydrogens is 238 g/mol. The summed E-state index contributed by atoms with van der Waals surface area (Å²) in [6.45, 7) is 5.73. The number of aliphatic hydroxyl groups excluding tert-OH is 1. The Morgan fingerprint density at radius 2 is 1.84 bits per heavy atom. The third-order valence-electron chi connectivity index (χ3n) is 3.10. The smallest absolute Gasteiger partial charge is 0.130 e. The van der Waals surface area contributed by atoms with Crippen molar-refractivity contribution in [3.05, 3.63) is 53.5 Å². The molecule has 1 atom stereocenters. The van der Waals surface area contributed by atoms with Gasteiger partial charge in [-0.1, -0.05) is 30.3 Å². The standard InChI is InChI=1S/C15H19N3O/c1-11-9-14(17-12(2)16-11)18-15(3,10-19)13-7-5-4-6-8-13/h4-9,19H,10H2,1-3H3,(H,16,17,18). The molecule has 0 fully saturated rings. The summed E-state index contributed by atoms with van der Waals surface area (Å²) in [5.74, 6) is 1.45. The van der Waals surface area contributed by atoms with Gasteiger partial charge in [-0.05, 0) is 26.3 Å². The third-order valence-corrected chi connectivity index (χ3v) is 3.10. The molecule has 0 aliphatic rings. The molecule has 0 saturated heterocycles. The van der Waals surface area contributed by atoms with Crippen LogP contribution in [0.25, 0.3) is 0 Å². The van der Waals surface area contributed by atoms with Crippen LogP contribution in [0, 0.1) is 13.8 Å². The van der Waals surface area contributed by atoms with Gasteiger partial charge in [0.05, 0.1) is 12.1 Å². The number of nitrogens with zero attached hydrogens (tertiary/aromatic N) is 2. The zero-order valence-corrected chi connectivity index (χ0v) is 11.5. The number of hydrogen-bond acceptors (Lipinski definition) is 4. The average Bonchev–Trinajstić information content (AvgIpc) is 2.38. The first-order valence-corrected chi connectivity index (χ1v) is 6.30. The molecule has 0 spiro atoms. The highest BCUT2D eigenvalue weighted by Crippen LogP contribution is 2.24. The van der Waals surface area contributed by atoms with Crippen LogP contribution in [0.5, 0.6) is 0 Å². The van der Waals surface area contributed by atoms with E-state index in [1.54, 1.807) is 0 Å². The number of aromatic nitrogens is 2. The fraction of sp³-hybridized carbons (Fsp3) is 0.333. The lowest BCUT2D eigenvalue weighted by Gasteiger charge is -2.30. The number of anilines is 1. The van der Waals surface area contributed by atoms with E-state index in [2.05, 4.69) is 15.3 Å². The molecule has 100 valence electrons. The number of aliphatic hydroxyl groups is 1. The van der Waals surface area contributed by atoms with Crippen molar-refractivity contribution in [2.75, 3.05) is 11.9 Å². The molecule has 4 heteroatoms. The van der Waals surface area contributed by atoms with Crippen LogP contribution in [-0.4, -0.2) is 21.7 Å². The van der Waals surface area contributed by atoms with Crippen LogP contribution in [0.15, 0.2) is 36.4 Å². The summed E-state index contributed by atoms with van der Waals surface area (Å²) in [4.78, 5) is 8.61. The third kappa shape index (κ3) is 3.09. The summed E-state index contributed by atoms with van der Waals surface area (Å²) in [5.41, 5.74) is 1.36. The molecule has 1 unspecified atom stereocenters. The number of aryl methyl sites for hydroxylation is 2. The van der Waals surface area contributed by atoms with Crippen molar-refractivity contribution >= 4 is 5.82 Å². The Balaban J connectivity index is 2.33. The van der Waals surface area contributed by atoms with Gasteiger partial charge < -0.3 is 10.4 Å².